The van der Waals surface area contributed by atoms with Crippen molar-refractivity contribution in [2.75, 3.05) is 12.4 Å². The zero-order valence-corrected chi connectivity index (χ0v) is 14.7. The van der Waals surface area contributed by atoms with E-state index in [0.717, 1.165) is 11.1 Å². The van der Waals surface area contributed by atoms with Gasteiger partial charge >= 0.3 is 0 Å². The van der Waals surface area contributed by atoms with Crippen molar-refractivity contribution in [3.63, 3.8) is 0 Å². The summed E-state index contributed by atoms with van der Waals surface area (Å²) in [5.74, 6) is 0.388. The van der Waals surface area contributed by atoms with Crippen LogP contribution >= 0.6 is 22.9 Å². The van der Waals surface area contributed by atoms with E-state index in [1.165, 1.54) is 11.3 Å². The maximum absolute atomic E-state index is 12.5. The Labute approximate surface area is 149 Å². The number of nitrogens with zero attached hydrogens (tertiary/aromatic N) is 1. The number of halogens is 1. The van der Waals surface area contributed by atoms with Gasteiger partial charge in [0.1, 0.15) is 15.6 Å². The van der Waals surface area contributed by atoms with Crippen LogP contribution in [0.2, 0.25) is 5.02 Å². The van der Waals surface area contributed by atoms with Gasteiger partial charge in [-0.25, -0.2) is 4.98 Å². The van der Waals surface area contributed by atoms with Gasteiger partial charge in [0, 0.05) is 5.56 Å². The van der Waals surface area contributed by atoms with Crippen LogP contribution < -0.4 is 10.1 Å². The highest BCUT2D eigenvalue weighted by Crippen LogP contribution is 2.32. The van der Waals surface area contributed by atoms with Crippen molar-refractivity contribution in [1.29, 1.82) is 0 Å². The number of carbonyl (C=O) groups excluding carboxylic acids is 1. The summed E-state index contributed by atoms with van der Waals surface area (Å²) in [4.78, 5) is 17.3. The summed E-state index contributed by atoms with van der Waals surface area (Å²) in [5.41, 5.74) is 2.48. The minimum absolute atomic E-state index is 0.227. The fourth-order valence-corrected chi connectivity index (χ4v) is 3.37. The zero-order valence-electron chi connectivity index (χ0n) is 13.2. The Morgan fingerprint density at radius 3 is 2.79 bits per heavy atom. The molecule has 0 aliphatic rings. The van der Waals surface area contributed by atoms with Crippen LogP contribution in [0.3, 0.4) is 0 Å². The number of methoxy groups -OCH3 is 1. The number of nitrogens with one attached hydrogen (secondary N) is 1. The second-order valence-corrected chi connectivity index (χ2v) is 6.61. The second kappa shape index (κ2) is 7.03. The first-order valence-corrected chi connectivity index (χ1v) is 8.44. The SMILES string of the molecule is COc1ccc(C)cc1NC(=O)c1cnc(-c2ccccc2Cl)s1. The fourth-order valence-electron chi connectivity index (χ4n) is 2.24. The molecule has 3 aromatic rings. The lowest BCUT2D eigenvalue weighted by molar-refractivity contribution is 0.103. The average molecular weight is 359 g/mol. The van der Waals surface area contributed by atoms with E-state index in [0.29, 0.717) is 26.3 Å². The normalized spacial score (nSPS) is 10.5. The van der Waals surface area contributed by atoms with E-state index in [-0.39, 0.29) is 5.91 Å². The lowest BCUT2D eigenvalue weighted by atomic mass is 10.2. The molecule has 3 rings (SSSR count). The summed E-state index contributed by atoms with van der Waals surface area (Å²) >= 11 is 7.48. The largest absolute Gasteiger partial charge is 0.495 e. The molecule has 4 nitrogen and oxygen atoms in total. The summed E-state index contributed by atoms with van der Waals surface area (Å²) in [5, 5.41) is 4.19. The van der Waals surface area contributed by atoms with E-state index in [4.69, 9.17) is 16.3 Å². The number of thiazole rings is 1. The van der Waals surface area contributed by atoms with Gasteiger partial charge in [-0.1, -0.05) is 35.9 Å². The number of aromatic nitrogens is 1. The lowest BCUT2D eigenvalue weighted by Gasteiger charge is -2.10. The van der Waals surface area contributed by atoms with Gasteiger partial charge in [-0.15, -0.1) is 11.3 Å². The molecule has 1 N–H and O–H groups in total. The molecule has 0 bridgehead atoms. The summed E-state index contributed by atoms with van der Waals surface area (Å²) in [7, 11) is 1.57. The van der Waals surface area contributed by atoms with Crippen LogP contribution in [0, 0.1) is 6.92 Å². The van der Waals surface area contributed by atoms with E-state index >= 15 is 0 Å². The highest BCUT2D eigenvalue weighted by Gasteiger charge is 2.15. The predicted molar refractivity (Wildman–Crippen MR) is 98.2 cm³/mol. The number of rotatable bonds is 4. The summed E-state index contributed by atoms with van der Waals surface area (Å²) in [6.07, 6.45) is 1.56. The van der Waals surface area contributed by atoms with E-state index in [9.17, 15) is 4.79 Å². The lowest BCUT2D eigenvalue weighted by Crippen LogP contribution is -2.11. The fraction of sp³-hybridized carbons (Fsp3) is 0.111. The molecule has 0 aliphatic heterocycles. The Bertz CT molecular complexity index is 892. The number of aryl methyl sites for hydroxylation is 1. The van der Waals surface area contributed by atoms with Gasteiger partial charge in [-0.3, -0.25) is 4.79 Å². The molecule has 1 heterocycles. The first-order chi connectivity index (χ1) is 11.6. The van der Waals surface area contributed by atoms with Crippen molar-refractivity contribution in [3.05, 3.63) is 64.1 Å². The molecule has 1 aromatic heterocycles. The minimum atomic E-state index is -0.227. The molecule has 0 spiro atoms. The Kier molecular flexibility index (Phi) is 4.83. The van der Waals surface area contributed by atoms with Crippen LogP contribution in [0.25, 0.3) is 10.6 Å². The smallest absolute Gasteiger partial charge is 0.267 e. The number of hydrogen-bond donors (Lipinski definition) is 1. The van der Waals surface area contributed by atoms with Crippen molar-refractivity contribution < 1.29 is 9.53 Å². The molecule has 0 aliphatic carbocycles. The number of carbonyl (C=O) groups is 1. The second-order valence-electron chi connectivity index (χ2n) is 5.17. The van der Waals surface area contributed by atoms with Crippen LogP contribution in [-0.4, -0.2) is 18.0 Å². The molecule has 0 saturated carbocycles. The molecule has 1 amide bonds. The molecule has 0 radical (unpaired) electrons. The van der Waals surface area contributed by atoms with Gasteiger partial charge in [-0.2, -0.15) is 0 Å². The first kappa shape index (κ1) is 16.5. The van der Waals surface area contributed by atoms with Crippen molar-refractivity contribution >= 4 is 34.5 Å². The molecule has 122 valence electrons. The maximum atomic E-state index is 12.5. The number of anilines is 1. The van der Waals surface area contributed by atoms with Crippen LogP contribution in [0.4, 0.5) is 5.69 Å². The number of ether oxygens (including phenoxy) is 1. The van der Waals surface area contributed by atoms with Crippen LogP contribution in [0.5, 0.6) is 5.75 Å². The monoisotopic (exact) mass is 358 g/mol. The number of hydrogen-bond acceptors (Lipinski definition) is 4. The highest BCUT2D eigenvalue weighted by molar-refractivity contribution is 7.17. The van der Waals surface area contributed by atoms with Gasteiger partial charge < -0.3 is 10.1 Å². The van der Waals surface area contributed by atoms with Gasteiger partial charge in [0.15, 0.2) is 0 Å². The third-order valence-corrected chi connectivity index (χ3v) is 4.80. The van der Waals surface area contributed by atoms with Crippen LogP contribution in [-0.2, 0) is 0 Å². The minimum Gasteiger partial charge on any atom is -0.495 e. The van der Waals surface area contributed by atoms with Gasteiger partial charge in [0.25, 0.3) is 5.91 Å². The quantitative estimate of drug-likeness (QED) is 0.711. The molecule has 2 aromatic carbocycles. The van der Waals surface area contributed by atoms with Gasteiger partial charge in [0.05, 0.1) is 24.0 Å². The molecule has 0 fully saturated rings. The molecule has 0 unspecified atom stereocenters. The summed E-state index contributed by atoms with van der Waals surface area (Å²) in [6.45, 7) is 1.96. The molecule has 24 heavy (non-hydrogen) atoms. The highest BCUT2D eigenvalue weighted by atomic mass is 35.5. The zero-order chi connectivity index (χ0) is 17.1. The molecule has 0 atom stereocenters. The molecule has 6 heteroatoms. The summed E-state index contributed by atoms with van der Waals surface area (Å²) < 4.78 is 5.28. The Hall–Kier alpha value is -2.37. The Balaban J connectivity index is 1.85. The van der Waals surface area contributed by atoms with Crippen LogP contribution in [0.15, 0.2) is 48.7 Å². The third kappa shape index (κ3) is 3.42. The number of benzene rings is 2. The van der Waals surface area contributed by atoms with Crippen molar-refractivity contribution in [2.45, 2.75) is 6.92 Å². The van der Waals surface area contributed by atoms with Gasteiger partial charge in [-0.05, 0) is 30.7 Å². The number of amides is 1. The third-order valence-electron chi connectivity index (χ3n) is 3.44. The average Bonchev–Trinajstić information content (AvgIpc) is 3.05. The first-order valence-electron chi connectivity index (χ1n) is 7.25. The van der Waals surface area contributed by atoms with Crippen LogP contribution in [0.1, 0.15) is 15.2 Å². The van der Waals surface area contributed by atoms with Crippen molar-refractivity contribution in [2.24, 2.45) is 0 Å². The summed E-state index contributed by atoms with van der Waals surface area (Å²) in [6, 6.07) is 13.1. The topological polar surface area (TPSA) is 51.2 Å². The molecule has 0 saturated heterocycles. The Morgan fingerprint density at radius 1 is 1.25 bits per heavy atom. The van der Waals surface area contributed by atoms with E-state index < -0.39 is 0 Å². The van der Waals surface area contributed by atoms with Gasteiger partial charge in [0.2, 0.25) is 0 Å². The van der Waals surface area contributed by atoms with Crippen molar-refractivity contribution in [3.8, 4) is 16.3 Å². The van der Waals surface area contributed by atoms with E-state index in [1.54, 1.807) is 19.4 Å². The van der Waals surface area contributed by atoms with E-state index in [2.05, 4.69) is 10.3 Å². The van der Waals surface area contributed by atoms with Crippen molar-refractivity contribution in [1.82, 2.24) is 4.98 Å². The molecular weight excluding hydrogens is 344 g/mol. The maximum Gasteiger partial charge on any atom is 0.267 e. The molecular formula is C18H15ClN2O2S. The standard InChI is InChI=1S/C18H15ClN2O2S/c1-11-7-8-15(23-2)14(9-11)21-17(22)16-10-20-18(24-16)12-5-3-4-6-13(12)19/h3-10H,1-2H3,(H,21,22). The Morgan fingerprint density at radius 2 is 2.04 bits per heavy atom. The predicted octanol–water partition coefficient (Wildman–Crippen LogP) is 5.03. The van der Waals surface area contributed by atoms with E-state index in [1.807, 2.05) is 43.3 Å².